The molecule has 0 spiro atoms. The Labute approximate surface area is 155 Å². The average molecular weight is 373 g/mol. The van der Waals surface area contributed by atoms with Gasteiger partial charge in [0.05, 0.1) is 0 Å². The minimum atomic E-state index is -0.445. The largest absolute Gasteiger partial charge is 0.458 e. The van der Waals surface area contributed by atoms with Gasteiger partial charge in [0, 0.05) is 21.7 Å². The van der Waals surface area contributed by atoms with Crippen LogP contribution < -0.4 is 0 Å². The van der Waals surface area contributed by atoms with Crippen molar-refractivity contribution < 1.29 is 13.9 Å². The molecule has 0 saturated carbocycles. The second-order valence-corrected chi connectivity index (χ2v) is 6.15. The zero-order valence-corrected chi connectivity index (χ0v) is 14.6. The van der Waals surface area contributed by atoms with Crippen molar-refractivity contribution in [3.63, 3.8) is 0 Å². The maximum atomic E-state index is 11.8. The first-order valence-electron chi connectivity index (χ1n) is 7.55. The van der Waals surface area contributed by atoms with Crippen LogP contribution in [0.5, 0.6) is 0 Å². The Morgan fingerprint density at radius 2 is 1.56 bits per heavy atom. The number of benzene rings is 2. The van der Waals surface area contributed by atoms with E-state index in [9.17, 15) is 4.79 Å². The summed E-state index contributed by atoms with van der Waals surface area (Å²) in [6.45, 7) is 0.189. The van der Waals surface area contributed by atoms with Crippen molar-refractivity contribution in [3.05, 3.63) is 88.1 Å². The predicted octanol–water partition coefficient (Wildman–Crippen LogP) is 6.01. The van der Waals surface area contributed by atoms with Crippen LogP contribution in [-0.4, -0.2) is 5.97 Å². The van der Waals surface area contributed by atoms with Crippen LogP contribution in [0.3, 0.4) is 0 Å². The van der Waals surface area contributed by atoms with Gasteiger partial charge in [0.25, 0.3) is 0 Å². The van der Waals surface area contributed by atoms with Gasteiger partial charge in [-0.1, -0.05) is 35.3 Å². The Morgan fingerprint density at radius 3 is 2.24 bits per heavy atom. The molecule has 5 heteroatoms. The summed E-state index contributed by atoms with van der Waals surface area (Å²) < 4.78 is 10.9. The monoisotopic (exact) mass is 372 g/mol. The molecule has 3 nitrogen and oxygen atoms in total. The summed E-state index contributed by atoms with van der Waals surface area (Å²) in [5.74, 6) is 0.818. The number of halogens is 2. The lowest BCUT2D eigenvalue weighted by molar-refractivity contribution is -0.138. The van der Waals surface area contributed by atoms with E-state index < -0.39 is 5.97 Å². The van der Waals surface area contributed by atoms with Gasteiger partial charge in [0.2, 0.25) is 0 Å². The zero-order chi connectivity index (χ0) is 17.6. The molecule has 126 valence electrons. The van der Waals surface area contributed by atoms with Crippen LogP contribution >= 0.6 is 23.2 Å². The van der Waals surface area contributed by atoms with Gasteiger partial charge in [0.1, 0.15) is 18.1 Å². The molecule has 2 aromatic carbocycles. The number of hydrogen-bond acceptors (Lipinski definition) is 3. The number of hydrogen-bond donors (Lipinski definition) is 0. The number of rotatable bonds is 5. The third-order valence-electron chi connectivity index (χ3n) is 3.43. The molecule has 3 rings (SSSR count). The summed E-state index contributed by atoms with van der Waals surface area (Å²) in [5.41, 5.74) is 1.78. The number of carbonyl (C=O) groups excluding carboxylic acids is 1. The fourth-order valence-corrected chi connectivity index (χ4v) is 2.40. The minimum absolute atomic E-state index is 0.189. The Morgan fingerprint density at radius 1 is 0.920 bits per heavy atom. The van der Waals surface area contributed by atoms with Crippen molar-refractivity contribution in [2.45, 2.75) is 6.61 Å². The summed E-state index contributed by atoms with van der Waals surface area (Å²) in [6, 6.07) is 18.1. The van der Waals surface area contributed by atoms with Gasteiger partial charge in [-0.25, -0.2) is 4.79 Å². The quantitative estimate of drug-likeness (QED) is 0.406. The molecule has 3 aromatic rings. The second kappa shape index (κ2) is 8.06. The van der Waals surface area contributed by atoms with Crippen molar-refractivity contribution in [1.29, 1.82) is 0 Å². The number of carbonyl (C=O) groups is 1. The van der Waals surface area contributed by atoms with Crippen molar-refractivity contribution >= 4 is 35.2 Å². The molecule has 0 aliphatic carbocycles. The molecule has 0 atom stereocenters. The van der Waals surface area contributed by atoms with Crippen LogP contribution in [0.4, 0.5) is 0 Å². The highest BCUT2D eigenvalue weighted by Gasteiger charge is 2.04. The normalized spacial score (nSPS) is 11.0. The Hall–Kier alpha value is -2.49. The van der Waals surface area contributed by atoms with Crippen LogP contribution in [0.15, 0.2) is 71.2 Å². The van der Waals surface area contributed by atoms with Crippen molar-refractivity contribution in [1.82, 2.24) is 0 Å². The van der Waals surface area contributed by atoms with E-state index in [4.69, 9.17) is 32.4 Å². The number of ether oxygens (including phenoxy) is 1. The van der Waals surface area contributed by atoms with Crippen molar-refractivity contribution in [3.8, 4) is 11.3 Å². The van der Waals surface area contributed by atoms with Crippen molar-refractivity contribution in [2.24, 2.45) is 0 Å². The first-order chi connectivity index (χ1) is 12.1. The lowest BCUT2D eigenvalue weighted by atomic mass is 10.2. The maximum Gasteiger partial charge on any atom is 0.331 e. The Balaban J connectivity index is 1.57. The highest BCUT2D eigenvalue weighted by Crippen LogP contribution is 2.24. The average Bonchev–Trinajstić information content (AvgIpc) is 3.09. The fraction of sp³-hybridized carbons (Fsp3) is 0.0500. The SMILES string of the molecule is O=C(/C=C/c1ccc(-c2ccc(Cl)cc2)o1)OCc1ccc(Cl)cc1. The number of furan rings is 1. The van der Waals surface area contributed by atoms with E-state index in [0.29, 0.717) is 21.6 Å². The molecular formula is C20H14Cl2O3. The fourth-order valence-electron chi connectivity index (χ4n) is 2.15. The first-order valence-corrected chi connectivity index (χ1v) is 8.31. The molecule has 0 fully saturated rings. The Bertz CT molecular complexity index is 878. The van der Waals surface area contributed by atoms with E-state index in [1.54, 1.807) is 36.4 Å². The first kappa shape index (κ1) is 17.3. The van der Waals surface area contributed by atoms with Gasteiger partial charge < -0.3 is 9.15 Å². The highest BCUT2D eigenvalue weighted by molar-refractivity contribution is 6.30. The molecule has 0 bridgehead atoms. The lowest BCUT2D eigenvalue weighted by Crippen LogP contribution is -2.00. The standard InChI is InChI=1S/C20H14Cl2O3/c21-16-5-1-14(2-6-16)13-24-20(23)12-10-18-9-11-19(25-18)15-3-7-17(22)8-4-15/h1-12H,13H2/b12-10+. The summed E-state index contributed by atoms with van der Waals surface area (Å²) in [6.07, 6.45) is 2.91. The van der Waals surface area contributed by atoms with Crippen LogP contribution in [0.25, 0.3) is 17.4 Å². The summed E-state index contributed by atoms with van der Waals surface area (Å²) in [7, 11) is 0. The van der Waals surface area contributed by atoms with E-state index in [1.807, 2.05) is 30.3 Å². The second-order valence-electron chi connectivity index (χ2n) is 5.28. The van der Waals surface area contributed by atoms with Gasteiger partial charge in [0.15, 0.2) is 0 Å². The smallest absolute Gasteiger partial charge is 0.331 e. The van der Waals surface area contributed by atoms with Crippen LogP contribution in [-0.2, 0) is 16.1 Å². The molecule has 0 unspecified atom stereocenters. The summed E-state index contributed by atoms with van der Waals surface area (Å²) in [5, 5.41) is 1.31. The third kappa shape index (κ3) is 4.99. The summed E-state index contributed by atoms with van der Waals surface area (Å²) >= 11 is 11.7. The van der Waals surface area contributed by atoms with Gasteiger partial charge in [-0.15, -0.1) is 0 Å². The summed E-state index contributed by atoms with van der Waals surface area (Å²) in [4.78, 5) is 11.8. The van der Waals surface area contributed by atoms with Crippen LogP contribution in [0.1, 0.15) is 11.3 Å². The van der Waals surface area contributed by atoms with Gasteiger partial charge in [-0.3, -0.25) is 0 Å². The molecule has 1 aromatic heterocycles. The maximum absolute atomic E-state index is 11.8. The van der Waals surface area contributed by atoms with Crippen molar-refractivity contribution in [2.75, 3.05) is 0 Å². The lowest BCUT2D eigenvalue weighted by Gasteiger charge is -2.02. The zero-order valence-electron chi connectivity index (χ0n) is 13.1. The molecule has 0 N–H and O–H groups in total. The van der Waals surface area contributed by atoms with Crippen LogP contribution in [0, 0.1) is 0 Å². The van der Waals surface area contributed by atoms with Gasteiger partial charge >= 0.3 is 5.97 Å². The highest BCUT2D eigenvalue weighted by atomic mass is 35.5. The number of esters is 1. The van der Waals surface area contributed by atoms with E-state index in [-0.39, 0.29) is 6.61 Å². The minimum Gasteiger partial charge on any atom is -0.458 e. The van der Waals surface area contributed by atoms with E-state index in [2.05, 4.69) is 0 Å². The predicted molar refractivity (Wildman–Crippen MR) is 99.4 cm³/mol. The van der Waals surface area contributed by atoms with E-state index in [1.165, 1.54) is 6.08 Å². The molecule has 0 amide bonds. The van der Waals surface area contributed by atoms with E-state index in [0.717, 1.165) is 11.1 Å². The molecule has 1 heterocycles. The topological polar surface area (TPSA) is 39.4 Å². The van der Waals surface area contributed by atoms with Gasteiger partial charge in [-0.05, 0) is 60.2 Å². The Kier molecular flexibility index (Phi) is 5.59. The molecule has 0 aliphatic rings. The third-order valence-corrected chi connectivity index (χ3v) is 3.94. The molecule has 0 radical (unpaired) electrons. The van der Waals surface area contributed by atoms with Gasteiger partial charge in [-0.2, -0.15) is 0 Å². The molecule has 0 aliphatic heterocycles. The van der Waals surface area contributed by atoms with E-state index >= 15 is 0 Å². The molecular weight excluding hydrogens is 359 g/mol. The molecule has 25 heavy (non-hydrogen) atoms. The van der Waals surface area contributed by atoms with Crippen LogP contribution in [0.2, 0.25) is 10.0 Å². The molecule has 0 saturated heterocycles.